The SMILES string of the molecule is C[C@H](c1ccccc1)n1cc(F)c(F)c1C(=O)CO. The molecular formula is C14H13F2NO2. The predicted molar refractivity (Wildman–Crippen MR) is 66.0 cm³/mol. The van der Waals surface area contributed by atoms with Crippen molar-refractivity contribution in [1.29, 1.82) is 0 Å². The van der Waals surface area contributed by atoms with E-state index in [-0.39, 0.29) is 0 Å². The first-order valence-corrected chi connectivity index (χ1v) is 5.81. The second kappa shape index (κ2) is 5.32. The Bertz CT molecular complexity index is 593. The average Bonchev–Trinajstić information content (AvgIpc) is 2.74. The second-order valence-corrected chi connectivity index (χ2v) is 4.21. The molecule has 2 rings (SSSR count). The van der Waals surface area contributed by atoms with Gasteiger partial charge < -0.3 is 9.67 Å². The number of ketones is 1. The summed E-state index contributed by atoms with van der Waals surface area (Å²) in [6, 6.07) is 8.62. The highest BCUT2D eigenvalue weighted by Gasteiger charge is 2.24. The summed E-state index contributed by atoms with van der Waals surface area (Å²) in [5, 5.41) is 8.85. The number of hydrogen-bond donors (Lipinski definition) is 1. The van der Waals surface area contributed by atoms with Gasteiger partial charge in [0.2, 0.25) is 5.78 Å². The summed E-state index contributed by atoms with van der Waals surface area (Å²) in [6.07, 6.45) is 0.940. The molecule has 0 spiro atoms. The number of carbonyl (C=O) groups excluding carboxylic acids is 1. The van der Waals surface area contributed by atoms with Crippen molar-refractivity contribution in [3.05, 3.63) is 59.4 Å². The van der Waals surface area contributed by atoms with Gasteiger partial charge in [0.05, 0.1) is 6.04 Å². The van der Waals surface area contributed by atoms with Crippen molar-refractivity contribution < 1.29 is 18.7 Å². The van der Waals surface area contributed by atoms with E-state index in [1.54, 1.807) is 31.2 Å². The fourth-order valence-corrected chi connectivity index (χ4v) is 2.01. The Morgan fingerprint density at radius 1 is 1.32 bits per heavy atom. The van der Waals surface area contributed by atoms with Gasteiger partial charge in [-0.15, -0.1) is 0 Å². The highest BCUT2D eigenvalue weighted by molar-refractivity contribution is 5.96. The third-order valence-electron chi connectivity index (χ3n) is 3.04. The van der Waals surface area contributed by atoms with Crippen molar-refractivity contribution in [1.82, 2.24) is 4.57 Å². The molecule has 0 radical (unpaired) electrons. The van der Waals surface area contributed by atoms with Crippen molar-refractivity contribution in [3.8, 4) is 0 Å². The zero-order valence-corrected chi connectivity index (χ0v) is 10.3. The van der Waals surface area contributed by atoms with E-state index in [0.717, 1.165) is 11.8 Å². The number of aliphatic hydroxyl groups is 1. The molecule has 0 aliphatic carbocycles. The predicted octanol–water partition coefficient (Wildman–Crippen LogP) is 2.55. The molecule has 0 bridgehead atoms. The van der Waals surface area contributed by atoms with Crippen LogP contribution in [0.1, 0.15) is 29.0 Å². The smallest absolute Gasteiger partial charge is 0.207 e. The van der Waals surface area contributed by atoms with Gasteiger partial charge >= 0.3 is 0 Å². The largest absolute Gasteiger partial charge is 0.388 e. The maximum absolute atomic E-state index is 13.6. The Hall–Kier alpha value is -2.01. The third-order valence-corrected chi connectivity index (χ3v) is 3.04. The van der Waals surface area contributed by atoms with Crippen LogP contribution >= 0.6 is 0 Å². The van der Waals surface area contributed by atoms with Gasteiger partial charge in [-0.3, -0.25) is 4.79 Å². The molecule has 1 N–H and O–H groups in total. The molecule has 3 nitrogen and oxygen atoms in total. The number of benzene rings is 1. The molecular weight excluding hydrogens is 252 g/mol. The molecule has 0 unspecified atom stereocenters. The highest BCUT2D eigenvalue weighted by Crippen LogP contribution is 2.24. The van der Waals surface area contributed by atoms with Crippen molar-refractivity contribution in [2.45, 2.75) is 13.0 Å². The topological polar surface area (TPSA) is 42.2 Å². The van der Waals surface area contributed by atoms with Crippen LogP contribution in [-0.4, -0.2) is 22.1 Å². The van der Waals surface area contributed by atoms with Crippen LogP contribution in [-0.2, 0) is 0 Å². The van der Waals surface area contributed by atoms with Crippen LogP contribution in [0.15, 0.2) is 36.5 Å². The van der Waals surface area contributed by atoms with Crippen molar-refractivity contribution in [3.63, 3.8) is 0 Å². The summed E-state index contributed by atoms with van der Waals surface area (Å²) in [5.74, 6) is -3.16. The van der Waals surface area contributed by atoms with Crippen LogP contribution in [0.2, 0.25) is 0 Å². The highest BCUT2D eigenvalue weighted by atomic mass is 19.2. The number of Topliss-reactive ketones (excluding diaryl/α,β-unsaturated/α-hetero) is 1. The van der Waals surface area contributed by atoms with Crippen LogP contribution in [0.3, 0.4) is 0 Å². The number of aliphatic hydroxyl groups excluding tert-OH is 1. The molecule has 100 valence electrons. The molecule has 0 aliphatic rings. The first-order valence-electron chi connectivity index (χ1n) is 5.81. The van der Waals surface area contributed by atoms with E-state index in [0.29, 0.717) is 0 Å². The maximum Gasteiger partial charge on any atom is 0.207 e. The number of rotatable bonds is 4. The Morgan fingerprint density at radius 3 is 2.53 bits per heavy atom. The number of hydrogen-bond acceptors (Lipinski definition) is 2. The zero-order valence-electron chi connectivity index (χ0n) is 10.3. The Labute approximate surface area is 109 Å². The van der Waals surface area contributed by atoms with Crippen LogP contribution in [0.5, 0.6) is 0 Å². The number of carbonyl (C=O) groups is 1. The van der Waals surface area contributed by atoms with Crippen LogP contribution in [0.25, 0.3) is 0 Å². The molecule has 19 heavy (non-hydrogen) atoms. The number of halogens is 2. The summed E-state index contributed by atoms with van der Waals surface area (Å²) in [4.78, 5) is 11.5. The number of aromatic nitrogens is 1. The van der Waals surface area contributed by atoms with E-state index in [2.05, 4.69) is 0 Å². The molecule has 5 heteroatoms. The van der Waals surface area contributed by atoms with Gasteiger partial charge in [0.15, 0.2) is 11.6 Å². The lowest BCUT2D eigenvalue weighted by atomic mass is 10.1. The molecule has 0 amide bonds. The molecule has 1 atom stereocenters. The van der Waals surface area contributed by atoms with Crippen molar-refractivity contribution >= 4 is 5.78 Å². The van der Waals surface area contributed by atoms with Gasteiger partial charge in [-0.1, -0.05) is 30.3 Å². The van der Waals surface area contributed by atoms with Gasteiger partial charge in [-0.25, -0.2) is 8.78 Å². The minimum atomic E-state index is -1.22. The molecule has 0 fully saturated rings. The average molecular weight is 265 g/mol. The fourth-order valence-electron chi connectivity index (χ4n) is 2.01. The lowest BCUT2D eigenvalue weighted by Gasteiger charge is -2.16. The van der Waals surface area contributed by atoms with E-state index in [1.165, 1.54) is 4.57 Å². The Morgan fingerprint density at radius 2 is 1.95 bits per heavy atom. The third kappa shape index (κ3) is 2.42. The monoisotopic (exact) mass is 265 g/mol. The molecule has 1 heterocycles. The van der Waals surface area contributed by atoms with Gasteiger partial charge in [0.1, 0.15) is 12.3 Å². The van der Waals surface area contributed by atoms with E-state index in [4.69, 9.17) is 5.11 Å². The fraction of sp³-hybridized carbons (Fsp3) is 0.214. The molecule has 0 aliphatic heterocycles. The van der Waals surface area contributed by atoms with E-state index in [1.807, 2.05) is 6.07 Å². The van der Waals surface area contributed by atoms with Gasteiger partial charge in [-0.05, 0) is 12.5 Å². The Balaban J connectivity index is 2.51. The summed E-state index contributed by atoms with van der Waals surface area (Å²) >= 11 is 0. The normalized spacial score (nSPS) is 12.4. The number of nitrogens with zero attached hydrogens (tertiary/aromatic N) is 1. The molecule has 2 aromatic rings. The molecule has 1 aromatic heterocycles. The summed E-state index contributed by atoms with van der Waals surface area (Å²) in [7, 11) is 0. The van der Waals surface area contributed by atoms with E-state index >= 15 is 0 Å². The molecule has 0 saturated carbocycles. The summed E-state index contributed by atoms with van der Waals surface area (Å²) in [6.45, 7) is 0.865. The standard InChI is InChI=1S/C14H13F2NO2/c1-9(10-5-3-2-4-6-10)17-7-11(15)13(16)14(17)12(19)8-18/h2-7,9,18H,8H2,1H3/t9-/m1/s1. The summed E-state index contributed by atoms with van der Waals surface area (Å²) < 4.78 is 28.2. The first-order chi connectivity index (χ1) is 9.06. The molecule has 0 saturated heterocycles. The molecule has 1 aromatic carbocycles. The lowest BCUT2D eigenvalue weighted by Crippen LogP contribution is -2.17. The van der Waals surface area contributed by atoms with E-state index < -0.39 is 35.8 Å². The second-order valence-electron chi connectivity index (χ2n) is 4.21. The lowest BCUT2D eigenvalue weighted by molar-refractivity contribution is 0.0888. The van der Waals surface area contributed by atoms with Gasteiger partial charge in [0, 0.05) is 6.20 Å². The quantitative estimate of drug-likeness (QED) is 0.863. The Kier molecular flexibility index (Phi) is 3.76. The van der Waals surface area contributed by atoms with Crippen LogP contribution < -0.4 is 0 Å². The van der Waals surface area contributed by atoms with Crippen LogP contribution in [0, 0.1) is 11.6 Å². The van der Waals surface area contributed by atoms with Crippen LogP contribution in [0.4, 0.5) is 8.78 Å². The van der Waals surface area contributed by atoms with E-state index in [9.17, 15) is 13.6 Å². The maximum atomic E-state index is 13.6. The van der Waals surface area contributed by atoms with Gasteiger partial charge in [-0.2, -0.15) is 0 Å². The minimum absolute atomic E-state index is 0.411. The van der Waals surface area contributed by atoms with Gasteiger partial charge in [0.25, 0.3) is 0 Å². The van der Waals surface area contributed by atoms with Crippen molar-refractivity contribution in [2.75, 3.05) is 6.61 Å². The first kappa shape index (κ1) is 13.4. The zero-order chi connectivity index (χ0) is 14.0. The summed E-state index contributed by atoms with van der Waals surface area (Å²) in [5.41, 5.74) is 0.376. The van der Waals surface area contributed by atoms with Crippen molar-refractivity contribution in [2.24, 2.45) is 0 Å². The minimum Gasteiger partial charge on any atom is -0.388 e.